The Morgan fingerprint density at radius 2 is 1.13 bits per heavy atom. The number of alkyl carbamates (subject to hydrolysis) is 1. The highest BCUT2D eigenvalue weighted by atomic mass is 35.5. The van der Waals surface area contributed by atoms with Gasteiger partial charge < -0.3 is 30.3 Å². The van der Waals surface area contributed by atoms with Crippen LogP contribution in [0, 0.1) is 23.3 Å². The lowest BCUT2D eigenvalue weighted by Gasteiger charge is -2.43. The minimum Gasteiger partial charge on any atom is -0.457 e. The summed E-state index contributed by atoms with van der Waals surface area (Å²) in [6.45, 7) is 5.18. The van der Waals surface area contributed by atoms with Crippen LogP contribution in [0.15, 0.2) is 85.7 Å². The summed E-state index contributed by atoms with van der Waals surface area (Å²) in [6.07, 6.45) is 12.9. The third-order valence-electron chi connectivity index (χ3n) is 11.9. The Bertz CT molecular complexity index is 2860. The molecule has 2 unspecified atom stereocenters. The van der Waals surface area contributed by atoms with Crippen LogP contribution in [0.5, 0.6) is 0 Å². The molecule has 2 aliphatic rings. The molecule has 8 rings (SSSR count). The molecule has 2 fully saturated rings. The number of carbonyl (C=O) groups excluding carboxylic acids is 4. The third-order valence-corrected chi connectivity index (χ3v) is 12.0. The van der Waals surface area contributed by atoms with Gasteiger partial charge in [-0.05, 0) is 88.1 Å². The fraction of sp³-hybridized carbons (Fsp3) is 0.333. The van der Waals surface area contributed by atoms with E-state index in [1.807, 2.05) is 24.3 Å². The first-order chi connectivity index (χ1) is 32.8. The molecule has 0 bridgehead atoms. The van der Waals surface area contributed by atoms with E-state index >= 15 is 0 Å². The molecule has 6 aromatic rings. The Morgan fingerprint density at radius 3 is 1.55 bits per heavy atom. The monoisotopic (exact) mass is 974 g/mol. The number of aryl methyl sites for hydroxylation is 2. The van der Waals surface area contributed by atoms with Crippen molar-refractivity contribution in [3.8, 4) is 22.5 Å². The second-order valence-electron chi connectivity index (χ2n) is 16.7. The SMILES string of the molecule is CC(=O)c1cc(-c2ccc(F)c(F)c2)ncc1N1CCCC(N)(c2cnn(C)c2)C1.COC(=O)Cl.COC(=O)NC1(c2cnn(C)c2)CCCN(c2cnc(-c3ccc(F)c(F)c3)cc2C(C)=O)C1. The van der Waals surface area contributed by atoms with Crippen LogP contribution in [-0.2, 0) is 34.6 Å². The molecule has 3 N–H and O–H groups in total. The summed E-state index contributed by atoms with van der Waals surface area (Å²) in [4.78, 5) is 59.5. The van der Waals surface area contributed by atoms with E-state index in [0.717, 1.165) is 61.2 Å². The molecule has 364 valence electrons. The van der Waals surface area contributed by atoms with E-state index in [1.54, 1.807) is 53.3 Å². The summed E-state index contributed by atoms with van der Waals surface area (Å²) < 4.78 is 66.2. The highest BCUT2D eigenvalue weighted by Gasteiger charge is 2.41. The number of ether oxygens (including phenoxy) is 2. The molecule has 69 heavy (non-hydrogen) atoms. The fourth-order valence-electron chi connectivity index (χ4n) is 8.38. The van der Waals surface area contributed by atoms with Crippen molar-refractivity contribution in [2.75, 3.05) is 50.2 Å². The number of pyridine rings is 2. The second kappa shape index (κ2) is 21.8. The lowest BCUT2D eigenvalue weighted by Crippen LogP contribution is -2.56. The molecule has 4 aromatic heterocycles. The molecule has 6 heterocycles. The van der Waals surface area contributed by atoms with Gasteiger partial charge in [0.1, 0.15) is 0 Å². The molecule has 2 aromatic carbocycles. The van der Waals surface area contributed by atoms with Crippen molar-refractivity contribution in [1.29, 1.82) is 0 Å². The molecule has 2 atom stereocenters. The molecular formula is C48H51ClF4N10O6. The number of Topliss-reactive ketones (excluding diaryl/α,β-unsaturated/α-hetero) is 2. The Labute approximate surface area is 400 Å². The van der Waals surface area contributed by atoms with E-state index in [1.165, 1.54) is 40.2 Å². The van der Waals surface area contributed by atoms with Crippen molar-refractivity contribution in [2.45, 2.75) is 50.6 Å². The molecule has 16 nitrogen and oxygen atoms in total. The van der Waals surface area contributed by atoms with Crippen LogP contribution in [0.1, 0.15) is 71.4 Å². The molecule has 21 heteroatoms. The lowest BCUT2D eigenvalue weighted by molar-refractivity contribution is 0.100. The number of ketones is 2. The Morgan fingerprint density at radius 1 is 0.667 bits per heavy atom. The standard InChI is InChI=1S/C24H25F2N5O3.C22H23F2N5O.C2H3ClO2/c1-15(32)18-10-21(16-5-6-19(25)20(26)9-16)27-12-22(18)31-8-4-7-24(14-31,29-23(33)34-3)17-11-28-30(2)13-17;1-14(30)17-9-20(15-4-5-18(23)19(24)8-15)26-11-21(17)29-7-3-6-22(25,13-29)16-10-27-28(2)12-16;1-5-2(3)4/h5-6,9-13H,4,7-8,14H2,1-3H3,(H,29,33);4-5,8-12H,3,6-7,13,25H2,1-2H3;1H3. The molecular weight excluding hydrogens is 924 g/mol. The van der Waals surface area contributed by atoms with Crippen molar-refractivity contribution in [2.24, 2.45) is 19.8 Å². The van der Waals surface area contributed by atoms with Crippen molar-refractivity contribution in [1.82, 2.24) is 34.8 Å². The number of nitrogens with two attached hydrogens (primary N) is 1. The summed E-state index contributed by atoms with van der Waals surface area (Å²) >= 11 is 4.60. The first-order valence-corrected chi connectivity index (χ1v) is 21.9. The van der Waals surface area contributed by atoms with Crippen LogP contribution in [0.3, 0.4) is 0 Å². The number of nitrogens with zero attached hydrogens (tertiary/aromatic N) is 8. The highest BCUT2D eigenvalue weighted by Crippen LogP contribution is 2.37. The molecule has 0 spiro atoms. The maximum Gasteiger partial charge on any atom is 0.407 e. The van der Waals surface area contributed by atoms with E-state index in [-0.39, 0.29) is 11.6 Å². The summed E-state index contributed by atoms with van der Waals surface area (Å²) in [5.74, 6) is -4.15. The van der Waals surface area contributed by atoms with Gasteiger partial charge in [0.15, 0.2) is 34.8 Å². The van der Waals surface area contributed by atoms with Crippen molar-refractivity contribution < 1.29 is 46.2 Å². The highest BCUT2D eigenvalue weighted by molar-refractivity contribution is 6.61. The van der Waals surface area contributed by atoms with Gasteiger partial charge in [-0.3, -0.25) is 28.9 Å². The van der Waals surface area contributed by atoms with Gasteiger partial charge >= 0.3 is 11.5 Å². The normalized spacial score (nSPS) is 17.7. The number of carbonyl (C=O) groups is 4. The number of benzene rings is 2. The van der Waals surface area contributed by atoms with E-state index in [9.17, 15) is 36.7 Å². The number of rotatable bonds is 9. The zero-order valence-electron chi connectivity index (χ0n) is 38.7. The second-order valence-corrected chi connectivity index (χ2v) is 17.0. The zero-order chi connectivity index (χ0) is 50.2. The van der Waals surface area contributed by atoms with Crippen LogP contribution in [0.25, 0.3) is 22.5 Å². The molecule has 0 aliphatic carbocycles. The van der Waals surface area contributed by atoms with E-state index in [4.69, 9.17) is 10.5 Å². The fourth-order valence-corrected chi connectivity index (χ4v) is 8.38. The number of halogens is 5. The number of anilines is 2. The van der Waals surface area contributed by atoms with Gasteiger partial charge in [-0.15, -0.1) is 0 Å². The van der Waals surface area contributed by atoms with E-state index in [2.05, 4.69) is 46.7 Å². The molecule has 0 saturated carbocycles. The van der Waals surface area contributed by atoms with Gasteiger partial charge in [-0.2, -0.15) is 10.2 Å². The van der Waals surface area contributed by atoms with E-state index in [0.29, 0.717) is 71.1 Å². The minimum absolute atomic E-state index is 0.134. The van der Waals surface area contributed by atoms with Crippen LogP contribution in [0.4, 0.5) is 38.5 Å². The smallest absolute Gasteiger partial charge is 0.407 e. The number of hydrogen-bond donors (Lipinski definition) is 2. The topological polar surface area (TPSA) is 193 Å². The van der Waals surface area contributed by atoms with Gasteiger partial charge in [0.2, 0.25) is 0 Å². The summed E-state index contributed by atoms with van der Waals surface area (Å²) in [5.41, 5.74) is 10.0. The van der Waals surface area contributed by atoms with Crippen LogP contribution in [0.2, 0.25) is 0 Å². The van der Waals surface area contributed by atoms with Gasteiger partial charge in [-0.25, -0.2) is 27.2 Å². The number of piperidine rings is 2. The van der Waals surface area contributed by atoms with Crippen molar-refractivity contribution in [3.05, 3.63) is 131 Å². The predicted octanol–water partition coefficient (Wildman–Crippen LogP) is 8.22. The van der Waals surface area contributed by atoms with Gasteiger partial charge in [0, 0.05) is 97.6 Å². The Kier molecular flexibility index (Phi) is 16.2. The van der Waals surface area contributed by atoms with Gasteiger partial charge in [-0.1, -0.05) is 0 Å². The van der Waals surface area contributed by atoms with Gasteiger partial charge in [0.05, 0.1) is 72.8 Å². The maximum absolute atomic E-state index is 13.7. The van der Waals surface area contributed by atoms with Crippen molar-refractivity contribution >= 4 is 46.1 Å². The number of hydrogen-bond acceptors (Lipinski definition) is 13. The Balaban J connectivity index is 0.000000208. The molecule has 2 aliphatic heterocycles. The van der Waals surface area contributed by atoms with Crippen molar-refractivity contribution in [3.63, 3.8) is 0 Å². The average Bonchev–Trinajstić information content (AvgIpc) is 3.99. The Hall–Kier alpha value is -7.19. The number of amides is 1. The average molecular weight is 975 g/mol. The first kappa shape index (κ1) is 51.2. The molecule has 1 amide bonds. The van der Waals surface area contributed by atoms with Crippen LogP contribution >= 0.6 is 11.6 Å². The largest absolute Gasteiger partial charge is 0.457 e. The molecule has 0 radical (unpaired) electrons. The maximum atomic E-state index is 13.7. The first-order valence-electron chi connectivity index (χ1n) is 21.6. The lowest BCUT2D eigenvalue weighted by atomic mass is 9.83. The molecule has 2 saturated heterocycles. The predicted molar refractivity (Wildman–Crippen MR) is 250 cm³/mol. The quantitative estimate of drug-likeness (QED) is 0.0801. The van der Waals surface area contributed by atoms with Crippen LogP contribution in [-0.4, -0.2) is 93.0 Å². The summed E-state index contributed by atoms with van der Waals surface area (Å²) in [6, 6.07) is 10.3. The van der Waals surface area contributed by atoms with Gasteiger partial charge in [0.25, 0.3) is 0 Å². The number of methoxy groups -OCH3 is 2. The number of nitrogens with one attached hydrogen (secondary N) is 1. The summed E-state index contributed by atoms with van der Waals surface area (Å²) in [7, 11) is 6.17. The van der Waals surface area contributed by atoms with E-state index < -0.39 is 45.9 Å². The zero-order valence-corrected chi connectivity index (χ0v) is 39.5. The van der Waals surface area contributed by atoms with Crippen LogP contribution < -0.4 is 20.9 Å². The third kappa shape index (κ3) is 12.1. The minimum atomic E-state index is -0.987. The number of aromatic nitrogens is 6. The summed E-state index contributed by atoms with van der Waals surface area (Å²) in [5, 5.41) is 11.5.